The number of nitrogens with one attached hydrogen (secondary N) is 3. The third-order valence-corrected chi connectivity index (χ3v) is 3.53. The van der Waals surface area contributed by atoms with Crippen LogP contribution in [0.1, 0.15) is 31.9 Å². The van der Waals surface area contributed by atoms with E-state index < -0.39 is 6.04 Å². The summed E-state index contributed by atoms with van der Waals surface area (Å²) in [5.41, 5.74) is 0. The lowest BCUT2D eigenvalue weighted by Gasteiger charge is -2.15. The van der Waals surface area contributed by atoms with Crippen LogP contribution in [-0.2, 0) is 16.1 Å². The van der Waals surface area contributed by atoms with Crippen LogP contribution in [0.2, 0.25) is 0 Å². The Kier molecular flexibility index (Phi) is 6.27. The van der Waals surface area contributed by atoms with E-state index in [0.29, 0.717) is 18.8 Å². The van der Waals surface area contributed by atoms with E-state index in [0.717, 1.165) is 25.9 Å². The smallest absolute Gasteiger partial charge is 0.315 e. The molecule has 3 N–H and O–H groups in total. The zero-order chi connectivity index (χ0) is 15.8. The normalized spacial score (nSPS) is 18.7. The van der Waals surface area contributed by atoms with Gasteiger partial charge < -0.3 is 25.1 Å². The first kappa shape index (κ1) is 16.4. The van der Waals surface area contributed by atoms with Gasteiger partial charge in [-0.25, -0.2) is 4.79 Å². The molecule has 0 radical (unpaired) electrons. The average Bonchev–Trinajstić information content (AvgIpc) is 3.18. The van der Waals surface area contributed by atoms with Crippen LogP contribution >= 0.6 is 0 Å². The van der Waals surface area contributed by atoms with Crippen molar-refractivity contribution in [3.63, 3.8) is 0 Å². The molecular weight excluding hydrogens is 286 g/mol. The fraction of sp³-hybridized carbons (Fsp3) is 0.600. The van der Waals surface area contributed by atoms with Gasteiger partial charge in [-0.2, -0.15) is 0 Å². The molecule has 2 rings (SSSR count). The predicted octanol–water partition coefficient (Wildman–Crippen LogP) is 1.15. The molecule has 1 aliphatic heterocycles. The zero-order valence-electron chi connectivity index (χ0n) is 12.8. The van der Waals surface area contributed by atoms with E-state index in [9.17, 15) is 9.59 Å². The molecule has 7 heteroatoms. The Morgan fingerprint density at radius 1 is 1.41 bits per heavy atom. The third kappa shape index (κ3) is 5.40. The first-order chi connectivity index (χ1) is 10.6. The SMILES string of the molecule is C[C@@H](NC(=O)NCC[C@@H]1CCCO1)C(=O)NCc1ccco1. The van der Waals surface area contributed by atoms with E-state index in [4.69, 9.17) is 9.15 Å². The summed E-state index contributed by atoms with van der Waals surface area (Å²) in [7, 11) is 0. The van der Waals surface area contributed by atoms with Crippen LogP contribution in [-0.4, -0.2) is 37.2 Å². The monoisotopic (exact) mass is 309 g/mol. The standard InChI is InChI=1S/C15H23N3O4/c1-11(14(19)17-10-13-5-3-9-22-13)18-15(20)16-7-6-12-4-2-8-21-12/h3,5,9,11-12H,2,4,6-8,10H2,1H3,(H,17,19)(H2,16,18,20)/t11-,12+/m1/s1. The Hall–Kier alpha value is -2.02. The average molecular weight is 309 g/mol. The van der Waals surface area contributed by atoms with Crippen molar-refractivity contribution in [2.75, 3.05) is 13.2 Å². The molecule has 3 amide bonds. The molecule has 1 fully saturated rings. The number of ether oxygens (including phenoxy) is 1. The molecule has 1 aromatic rings. The summed E-state index contributed by atoms with van der Waals surface area (Å²) in [6, 6.07) is 2.57. The van der Waals surface area contributed by atoms with Crippen LogP contribution in [0.4, 0.5) is 4.79 Å². The van der Waals surface area contributed by atoms with Crippen molar-refractivity contribution >= 4 is 11.9 Å². The minimum absolute atomic E-state index is 0.245. The molecule has 0 unspecified atom stereocenters. The summed E-state index contributed by atoms with van der Waals surface area (Å²) in [5.74, 6) is 0.409. The second kappa shape index (κ2) is 8.43. The van der Waals surface area contributed by atoms with Crippen LogP contribution in [0.3, 0.4) is 0 Å². The molecule has 0 spiro atoms. The van der Waals surface area contributed by atoms with E-state index in [1.165, 1.54) is 0 Å². The Balaban J connectivity index is 1.59. The van der Waals surface area contributed by atoms with Gasteiger partial charge >= 0.3 is 6.03 Å². The topological polar surface area (TPSA) is 92.6 Å². The fourth-order valence-electron chi connectivity index (χ4n) is 2.27. The Morgan fingerprint density at radius 3 is 2.95 bits per heavy atom. The van der Waals surface area contributed by atoms with Crippen molar-refractivity contribution in [3.8, 4) is 0 Å². The highest BCUT2D eigenvalue weighted by Gasteiger charge is 2.17. The molecule has 2 heterocycles. The Morgan fingerprint density at radius 2 is 2.27 bits per heavy atom. The van der Waals surface area contributed by atoms with Gasteiger partial charge in [0.15, 0.2) is 0 Å². The third-order valence-electron chi connectivity index (χ3n) is 3.53. The van der Waals surface area contributed by atoms with Gasteiger partial charge in [-0.3, -0.25) is 4.79 Å². The fourth-order valence-corrected chi connectivity index (χ4v) is 2.27. The second-order valence-electron chi connectivity index (χ2n) is 5.34. The minimum Gasteiger partial charge on any atom is -0.467 e. The summed E-state index contributed by atoms with van der Waals surface area (Å²) < 4.78 is 10.6. The number of carbonyl (C=O) groups is 2. The number of rotatable bonds is 7. The van der Waals surface area contributed by atoms with Gasteiger partial charge in [-0.15, -0.1) is 0 Å². The van der Waals surface area contributed by atoms with Gasteiger partial charge in [0.1, 0.15) is 11.8 Å². The highest BCUT2D eigenvalue weighted by molar-refractivity contribution is 5.86. The van der Waals surface area contributed by atoms with Crippen molar-refractivity contribution < 1.29 is 18.7 Å². The number of hydrogen-bond donors (Lipinski definition) is 3. The van der Waals surface area contributed by atoms with Crippen LogP contribution in [0.25, 0.3) is 0 Å². The van der Waals surface area contributed by atoms with Crippen LogP contribution in [0.5, 0.6) is 0 Å². The Bertz CT molecular complexity index is 469. The number of furan rings is 1. The summed E-state index contributed by atoms with van der Waals surface area (Å²) >= 11 is 0. The molecule has 0 saturated carbocycles. The van der Waals surface area contributed by atoms with Gasteiger partial charge in [0.05, 0.1) is 18.9 Å². The van der Waals surface area contributed by atoms with Gasteiger partial charge in [0, 0.05) is 13.2 Å². The van der Waals surface area contributed by atoms with Gasteiger partial charge in [-0.1, -0.05) is 0 Å². The molecule has 22 heavy (non-hydrogen) atoms. The van der Waals surface area contributed by atoms with Crippen molar-refractivity contribution in [3.05, 3.63) is 24.2 Å². The van der Waals surface area contributed by atoms with E-state index in [1.807, 2.05) is 0 Å². The molecule has 1 aromatic heterocycles. The summed E-state index contributed by atoms with van der Waals surface area (Å²) in [6.07, 6.45) is 4.73. The highest BCUT2D eigenvalue weighted by Crippen LogP contribution is 2.14. The predicted molar refractivity (Wildman–Crippen MR) is 80.1 cm³/mol. The first-order valence-electron chi connectivity index (χ1n) is 7.61. The van der Waals surface area contributed by atoms with Crippen molar-refractivity contribution in [2.24, 2.45) is 0 Å². The number of carbonyl (C=O) groups excluding carboxylic acids is 2. The summed E-state index contributed by atoms with van der Waals surface area (Å²) in [5, 5.41) is 8.03. The summed E-state index contributed by atoms with van der Waals surface area (Å²) in [6.45, 7) is 3.29. The minimum atomic E-state index is -0.613. The molecule has 0 bridgehead atoms. The van der Waals surface area contributed by atoms with E-state index in [2.05, 4.69) is 16.0 Å². The van der Waals surface area contributed by atoms with Crippen LogP contribution in [0.15, 0.2) is 22.8 Å². The molecule has 1 saturated heterocycles. The molecule has 0 aliphatic carbocycles. The summed E-state index contributed by atoms with van der Waals surface area (Å²) in [4.78, 5) is 23.5. The molecule has 2 atom stereocenters. The van der Waals surface area contributed by atoms with Gasteiger partial charge in [-0.05, 0) is 38.3 Å². The van der Waals surface area contributed by atoms with E-state index in [1.54, 1.807) is 25.3 Å². The molecule has 0 aromatic carbocycles. The number of amides is 3. The molecule has 122 valence electrons. The van der Waals surface area contributed by atoms with Crippen molar-refractivity contribution in [2.45, 2.75) is 44.9 Å². The molecule has 7 nitrogen and oxygen atoms in total. The number of hydrogen-bond acceptors (Lipinski definition) is 4. The maximum Gasteiger partial charge on any atom is 0.315 e. The van der Waals surface area contributed by atoms with Crippen molar-refractivity contribution in [1.29, 1.82) is 0 Å². The maximum absolute atomic E-state index is 11.8. The van der Waals surface area contributed by atoms with E-state index >= 15 is 0 Å². The quantitative estimate of drug-likeness (QED) is 0.704. The Labute approximate surface area is 129 Å². The van der Waals surface area contributed by atoms with Crippen molar-refractivity contribution in [1.82, 2.24) is 16.0 Å². The lowest BCUT2D eigenvalue weighted by molar-refractivity contribution is -0.122. The molecule has 1 aliphatic rings. The van der Waals surface area contributed by atoms with Gasteiger partial charge in [0.2, 0.25) is 5.91 Å². The lowest BCUT2D eigenvalue weighted by Crippen LogP contribution is -2.48. The number of urea groups is 1. The van der Waals surface area contributed by atoms with Crippen LogP contribution < -0.4 is 16.0 Å². The van der Waals surface area contributed by atoms with Crippen LogP contribution in [0, 0.1) is 0 Å². The maximum atomic E-state index is 11.8. The largest absolute Gasteiger partial charge is 0.467 e. The van der Waals surface area contributed by atoms with E-state index in [-0.39, 0.29) is 18.0 Å². The lowest BCUT2D eigenvalue weighted by atomic mass is 10.2. The van der Waals surface area contributed by atoms with Gasteiger partial charge in [0.25, 0.3) is 0 Å². The molecular formula is C15H23N3O4. The second-order valence-corrected chi connectivity index (χ2v) is 5.34. The zero-order valence-corrected chi connectivity index (χ0v) is 12.8. The highest BCUT2D eigenvalue weighted by atomic mass is 16.5. The first-order valence-corrected chi connectivity index (χ1v) is 7.61.